The van der Waals surface area contributed by atoms with Gasteiger partial charge < -0.3 is 19.3 Å². The van der Waals surface area contributed by atoms with Crippen LogP contribution >= 0.6 is 11.3 Å². The number of anilines is 1. The van der Waals surface area contributed by atoms with E-state index in [9.17, 15) is 15.2 Å². The Kier molecular flexibility index (Phi) is 6.32. The van der Waals surface area contributed by atoms with Crippen LogP contribution in [-0.2, 0) is 0 Å². The number of thiazole rings is 1. The molecule has 5 aromatic rings. The second kappa shape index (κ2) is 9.98. The van der Waals surface area contributed by atoms with Crippen LogP contribution < -0.4 is 19.1 Å². The molecule has 40 heavy (non-hydrogen) atoms. The first-order valence-corrected chi connectivity index (χ1v) is 13.2. The van der Waals surface area contributed by atoms with Crippen molar-refractivity contribution in [3.8, 4) is 34.0 Å². The predicted octanol–water partition coefficient (Wildman–Crippen LogP) is 5.73. The minimum atomic E-state index is -1.14. The molecule has 3 heterocycles. The molecule has 3 aromatic carbocycles. The van der Waals surface area contributed by atoms with E-state index in [1.165, 1.54) is 17.4 Å². The summed E-state index contributed by atoms with van der Waals surface area (Å²) in [6.07, 6.45) is -0.103. The van der Waals surface area contributed by atoms with E-state index < -0.39 is 12.2 Å². The molecule has 1 N–H and O–H groups in total. The van der Waals surface area contributed by atoms with Crippen molar-refractivity contribution in [1.82, 2.24) is 15.0 Å². The van der Waals surface area contributed by atoms with E-state index >= 15 is 0 Å². The van der Waals surface area contributed by atoms with Gasteiger partial charge in [0.15, 0.2) is 17.6 Å². The van der Waals surface area contributed by atoms with Crippen molar-refractivity contribution in [3.05, 3.63) is 65.4 Å². The molecule has 200 valence electrons. The number of fused-ring (bicyclic) bond motifs is 4. The van der Waals surface area contributed by atoms with Crippen LogP contribution in [0.5, 0.6) is 17.4 Å². The molecule has 0 saturated heterocycles. The average molecular weight is 554 g/mol. The van der Waals surface area contributed by atoms with Crippen LogP contribution in [0, 0.1) is 25.2 Å². The molecule has 0 spiro atoms. The Morgan fingerprint density at radius 1 is 1.23 bits per heavy atom. The number of carbonyl (C=O) groups is 1. The van der Waals surface area contributed by atoms with E-state index in [0.29, 0.717) is 28.6 Å². The van der Waals surface area contributed by atoms with Crippen molar-refractivity contribution in [2.45, 2.75) is 20.0 Å². The van der Waals surface area contributed by atoms with Crippen LogP contribution in [0.25, 0.3) is 31.8 Å². The zero-order valence-electron chi connectivity index (χ0n) is 21.8. The second-order valence-corrected chi connectivity index (χ2v) is 10.4. The third-order valence-corrected chi connectivity index (χ3v) is 7.69. The largest absolute Gasteiger partial charge is 0.484 e. The van der Waals surface area contributed by atoms with Crippen LogP contribution in [-0.4, -0.2) is 52.5 Å². The minimum absolute atomic E-state index is 0.0338. The van der Waals surface area contributed by atoms with Crippen molar-refractivity contribution in [3.63, 3.8) is 0 Å². The van der Waals surface area contributed by atoms with Crippen molar-refractivity contribution < 1.29 is 24.1 Å². The molecule has 1 aliphatic heterocycles. The number of nitriles is 1. The molecule has 10 nitrogen and oxygen atoms in total. The average Bonchev–Trinajstić information content (AvgIpc) is 3.41. The lowest BCUT2D eigenvalue weighted by Crippen LogP contribution is -2.43. The molecule has 0 radical (unpaired) electrons. The maximum Gasteiger partial charge on any atom is 0.411 e. The molecule has 0 fully saturated rings. The summed E-state index contributed by atoms with van der Waals surface area (Å²) in [7, 11) is 1.56. The highest BCUT2D eigenvalue weighted by molar-refractivity contribution is 7.22. The first kappa shape index (κ1) is 25.3. The third kappa shape index (κ3) is 4.48. The highest BCUT2D eigenvalue weighted by Gasteiger charge is 2.30. The Labute approximate surface area is 233 Å². The number of ether oxygens (including phenoxy) is 3. The summed E-state index contributed by atoms with van der Waals surface area (Å²) in [5.41, 5.74) is 5.81. The van der Waals surface area contributed by atoms with Gasteiger partial charge in [-0.25, -0.2) is 19.7 Å². The molecule has 11 heteroatoms. The normalized spacial score (nSPS) is 14.2. The van der Waals surface area contributed by atoms with Crippen molar-refractivity contribution in [2.75, 3.05) is 25.2 Å². The monoisotopic (exact) mass is 553 g/mol. The SMILES string of the molecule is COc1cnc2c(-c3nc4c(C)cc5c(c4s3)OC[C@@H](CN(C(=O)O)c3cccc(C#N)c3)O5)cc(C)cc2n1. The number of carboxylic acid groups (broad SMARTS) is 1. The molecule has 0 bridgehead atoms. The van der Waals surface area contributed by atoms with Gasteiger partial charge in [-0.2, -0.15) is 5.26 Å². The number of benzene rings is 3. The summed E-state index contributed by atoms with van der Waals surface area (Å²) in [6, 6.07) is 14.4. The Bertz CT molecular complexity index is 1850. The van der Waals surface area contributed by atoms with Gasteiger partial charge in [0.1, 0.15) is 16.3 Å². The number of rotatable bonds is 5. The van der Waals surface area contributed by atoms with E-state index in [2.05, 4.69) is 9.97 Å². The number of amides is 1. The van der Waals surface area contributed by atoms with Gasteiger partial charge in [0.05, 0.1) is 48.0 Å². The zero-order chi connectivity index (χ0) is 28.0. The molecule has 0 unspecified atom stereocenters. The lowest BCUT2D eigenvalue weighted by Gasteiger charge is -2.30. The molecule has 6 rings (SSSR count). The smallest absolute Gasteiger partial charge is 0.411 e. The van der Waals surface area contributed by atoms with E-state index in [1.54, 1.807) is 31.5 Å². The fraction of sp³-hybridized carbons (Fsp3) is 0.207. The van der Waals surface area contributed by atoms with Crippen molar-refractivity contribution in [2.24, 2.45) is 0 Å². The lowest BCUT2D eigenvalue weighted by molar-refractivity contribution is 0.0961. The predicted molar refractivity (Wildman–Crippen MR) is 151 cm³/mol. The van der Waals surface area contributed by atoms with Crippen LogP contribution in [0.4, 0.5) is 10.5 Å². The van der Waals surface area contributed by atoms with Gasteiger partial charge in [0, 0.05) is 11.3 Å². The third-order valence-electron chi connectivity index (χ3n) is 6.60. The number of hydrogen-bond donors (Lipinski definition) is 1. The fourth-order valence-electron chi connectivity index (χ4n) is 4.75. The molecule has 0 saturated carbocycles. The van der Waals surface area contributed by atoms with Crippen molar-refractivity contribution in [1.29, 1.82) is 5.26 Å². The maximum atomic E-state index is 12.1. The molecular weight excluding hydrogens is 530 g/mol. The Balaban J connectivity index is 1.34. The number of aryl methyl sites for hydroxylation is 2. The second-order valence-electron chi connectivity index (χ2n) is 9.42. The number of hydrogen-bond acceptors (Lipinski definition) is 9. The van der Waals surface area contributed by atoms with Gasteiger partial charge in [-0.05, 0) is 61.4 Å². The standard InChI is InChI=1S/C29H23N5O5S/c1-15-7-20(25-21(8-15)32-23(37-3)12-31-25)28-33-24-16(2)9-22-26(27(24)40-28)38-14-19(39-22)13-34(29(35)36)18-6-4-5-17(10-18)11-30/h4-10,12,19H,13-14H2,1-3H3,(H,35,36)/t19-/m1/s1. The molecular formula is C29H23N5O5S. The van der Waals surface area contributed by atoms with E-state index in [1.807, 2.05) is 38.1 Å². The van der Waals surface area contributed by atoms with Gasteiger partial charge in [0.25, 0.3) is 0 Å². The van der Waals surface area contributed by atoms with E-state index in [0.717, 1.165) is 47.8 Å². The highest BCUT2D eigenvalue weighted by atomic mass is 32.1. The van der Waals surface area contributed by atoms with Gasteiger partial charge in [-0.15, -0.1) is 11.3 Å². The maximum absolute atomic E-state index is 12.1. The molecule has 2 aromatic heterocycles. The van der Waals surface area contributed by atoms with E-state index in [4.69, 9.17) is 19.2 Å². The van der Waals surface area contributed by atoms with E-state index in [-0.39, 0.29) is 13.2 Å². The number of nitrogens with zero attached hydrogens (tertiary/aromatic N) is 5. The molecule has 1 aliphatic rings. The lowest BCUT2D eigenvalue weighted by atomic mass is 10.1. The summed E-state index contributed by atoms with van der Waals surface area (Å²) in [4.78, 5) is 27.3. The molecule has 0 aliphatic carbocycles. The van der Waals surface area contributed by atoms with Crippen LogP contribution in [0.2, 0.25) is 0 Å². The number of methoxy groups -OCH3 is 1. The zero-order valence-corrected chi connectivity index (χ0v) is 22.7. The molecule has 1 amide bonds. The first-order chi connectivity index (χ1) is 19.3. The Hall–Kier alpha value is -4.95. The van der Waals surface area contributed by atoms with Gasteiger partial charge in [-0.3, -0.25) is 4.90 Å². The van der Waals surface area contributed by atoms with Crippen LogP contribution in [0.3, 0.4) is 0 Å². The minimum Gasteiger partial charge on any atom is -0.484 e. The summed E-state index contributed by atoms with van der Waals surface area (Å²) in [5.74, 6) is 1.56. The van der Waals surface area contributed by atoms with Gasteiger partial charge in [-0.1, -0.05) is 6.07 Å². The first-order valence-electron chi connectivity index (χ1n) is 12.4. The summed E-state index contributed by atoms with van der Waals surface area (Å²) in [5, 5.41) is 19.8. The summed E-state index contributed by atoms with van der Waals surface area (Å²) in [6.45, 7) is 4.14. The topological polar surface area (TPSA) is 131 Å². The highest BCUT2D eigenvalue weighted by Crippen LogP contribution is 2.46. The van der Waals surface area contributed by atoms with Gasteiger partial charge in [0.2, 0.25) is 5.88 Å². The molecule has 1 atom stereocenters. The van der Waals surface area contributed by atoms with Crippen LogP contribution in [0.15, 0.2) is 48.7 Å². The van der Waals surface area contributed by atoms with Gasteiger partial charge >= 0.3 is 6.09 Å². The Morgan fingerprint density at radius 3 is 2.85 bits per heavy atom. The quantitative estimate of drug-likeness (QED) is 0.290. The van der Waals surface area contributed by atoms with Crippen molar-refractivity contribution >= 4 is 44.4 Å². The van der Waals surface area contributed by atoms with Crippen LogP contribution in [0.1, 0.15) is 16.7 Å². The summed E-state index contributed by atoms with van der Waals surface area (Å²) >= 11 is 1.48. The fourth-order valence-corrected chi connectivity index (χ4v) is 5.90. The number of aromatic nitrogens is 3. The Morgan fingerprint density at radius 2 is 2.08 bits per heavy atom. The summed E-state index contributed by atoms with van der Waals surface area (Å²) < 4.78 is 18.5.